The van der Waals surface area contributed by atoms with E-state index in [1.54, 1.807) is 24.8 Å². The third-order valence-electron chi connectivity index (χ3n) is 4.58. The number of ketones is 1. The Morgan fingerprint density at radius 1 is 1.19 bits per heavy atom. The number of nitrogens with zero attached hydrogens (tertiary/aromatic N) is 4. The van der Waals surface area contributed by atoms with Gasteiger partial charge in [-0.05, 0) is 26.0 Å². The van der Waals surface area contributed by atoms with Crippen LogP contribution in [0.5, 0.6) is 0 Å². The van der Waals surface area contributed by atoms with Crippen molar-refractivity contribution in [3.05, 3.63) is 42.6 Å². The predicted octanol–water partition coefficient (Wildman–Crippen LogP) is 2.24. The third-order valence-corrected chi connectivity index (χ3v) is 4.58. The Hall–Kier alpha value is -2.93. The summed E-state index contributed by atoms with van der Waals surface area (Å²) in [5.74, 6) is 1.10. The molecule has 1 saturated heterocycles. The van der Waals surface area contributed by atoms with E-state index in [9.17, 15) is 4.79 Å². The van der Waals surface area contributed by atoms with Gasteiger partial charge in [0.25, 0.3) is 0 Å². The van der Waals surface area contributed by atoms with Crippen LogP contribution in [0.25, 0.3) is 22.2 Å². The highest BCUT2D eigenvalue weighted by Crippen LogP contribution is 2.22. The molecule has 0 aromatic carbocycles. The molecule has 2 N–H and O–H groups in total. The second-order valence-electron chi connectivity index (χ2n) is 7.18. The molecule has 0 spiro atoms. The molecule has 4 heterocycles. The van der Waals surface area contributed by atoms with Gasteiger partial charge in [0.05, 0.1) is 29.8 Å². The average molecular weight is 362 g/mol. The van der Waals surface area contributed by atoms with Gasteiger partial charge in [-0.15, -0.1) is 0 Å². The van der Waals surface area contributed by atoms with Crippen molar-refractivity contribution >= 4 is 22.5 Å². The Bertz CT molecular complexity index is 983. The number of hydrogen-bond acceptors (Lipinski definition) is 7. The van der Waals surface area contributed by atoms with Gasteiger partial charge >= 0.3 is 0 Å². The smallest absolute Gasteiger partial charge is 0.145 e. The minimum Gasteiger partial charge on any atom is -0.367 e. The lowest BCUT2D eigenvalue weighted by Crippen LogP contribution is -2.47. The number of rotatable bonds is 6. The maximum Gasteiger partial charge on any atom is 0.145 e. The van der Waals surface area contributed by atoms with Crippen LogP contribution >= 0.6 is 0 Å². The van der Waals surface area contributed by atoms with Crippen LogP contribution in [0.4, 0.5) is 5.82 Å². The molecule has 0 bridgehead atoms. The van der Waals surface area contributed by atoms with Crippen LogP contribution in [0, 0.1) is 5.92 Å². The lowest BCUT2D eigenvalue weighted by molar-refractivity contribution is -0.123. The molecule has 1 aliphatic heterocycles. The van der Waals surface area contributed by atoms with Gasteiger partial charge in [-0.1, -0.05) is 0 Å². The van der Waals surface area contributed by atoms with Crippen molar-refractivity contribution in [2.45, 2.75) is 26.3 Å². The van der Waals surface area contributed by atoms with Crippen molar-refractivity contribution in [1.29, 1.82) is 0 Å². The number of Topliss-reactive ketones (excluding diaryl/α,β-unsaturated/α-hetero) is 1. The number of aromatic nitrogens is 4. The SMILES string of the molecule is CC(C)Nc1cncc(-c2cnc3cnc(CC(=O)C4CNC4)cc3c2)n1. The quantitative estimate of drug-likeness (QED) is 0.694. The zero-order valence-corrected chi connectivity index (χ0v) is 15.4. The molecule has 27 heavy (non-hydrogen) atoms. The second kappa shape index (κ2) is 7.36. The molecule has 7 nitrogen and oxygen atoms in total. The van der Waals surface area contributed by atoms with Crippen LogP contribution in [-0.2, 0) is 11.2 Å². The summed E-state index contributed by atoms with van der Waals surface area (Å²) in [5.41, 5.74) is 3.21. The number of anilines is 1. The molecule has 138 valence electrons. The largest absolute Gasteiger partial charge is 0.367 e. The van der Waals surface area contributed by atoms with Gasteiger partial charge in [0.15, 0.2) is 0 Å². The summed E-state index contributed by atoms with van der Waals surface area (Å²) >= 11 is 0. The van der Waals surface area contributed by atoms with E-state index in [0.717, 1.165) is 46.8 Å². The first-order valence-corrected chi connectivity index (χ1v) is 9.15. The Kier molecular flexibility index (Phi) is 4.77. The molecule has 0 amide bonds. The van der Waals surface area contributed by atoms with Gasteiger partial charge in [-0.2, -0.15) is 0 Å². The maximum atomic E-state index is 12.2. The van der Waals surface area contributed by atoms with Gasteiger partial charge in [0.1, 0.15) is 11.6 Å². The maximum absolute atomic E-state index is 12.2. The van der Waals surface area contributed by atoms with Gasteiger partial charge in [0.2, 0.25) is 0 Å². The Morgan fingerprint density at radius 2 is 2.04 bits per heavy atom. The van der Waals surface area contributed by atoms with Gasteiger partial charge in [-0.25, -0.2) is 4.98 Å². The zero-order chi connectivity index (χ0) is 18.8. The van der Waals surface area contributed by atoms with Crippen molar-refractivity contribution in [3.63, 3.8) is 0 Å². The normalized spacial score (nSPS) is 14.3. The van der Waals surface area contributed by atoms with Gasteiger partial charge < -0.3 is 10.6 Å². The summed E-state index contributed by atoms with van der Waals surface area (Å²) < 4.78 is 0. The van der Waals surface area contributed by atoms with E-state index in [0.29, 0.717) is 6.42 Å². The van der Waals surface area contributed by atoms with E-state index in [1.165, 1.54) is 0 Å². The molecule has 1 fully saturated rings. The van der Waals surface area contributed by atoms with Gasteiger partial charge in [-0.3, -0.25) is 19.7 Å². The first-order valence-electron chi connectivity index (χ1n) is 9.15. The fourth-order valence-corrected chi connectivity index (χ4v) is 3.02. The molecule has 7 heteroatoms. The van der Waals surface area contributed by atoms with E-state index >= 15 is 0 Å². The van der Waals surface area contributed by atoms with E-state index in [1.807, 2.05) is 12.1 Å². The first kappa shape index (κ1) is 17.5. The summed E-state index contributed by atoms with van der Waals surface area (Å²) in [6, 6.07) is 4.24. The van der Waals surface area contributed by atoms with Crippen molar-refractivity contribution in [1.82, 2.24) is 25.3 Å². The van der Waals surface area contributed by atoms with E-state index in [2.05, 4.69) is 44.4 Å². The van der Waals surface area contributed by atoms with Crippen LogP contribution in [0.2, 0.25) is 0 Å². The van der Waals surface area contributed by atoms with Crippen molar-refractivity contribution in [2.24, 2.45) is 5.92 Å². The fourth-order valence-electron chi connectivity index (χ4n) is 3.02. The third kappa shape index (κ3) is 3.93. The summed E-state index contributed by atoms with van der Waals surface area (Å²) in [4.78, 5) is 30.0. The lowest BCUT2D eigenvalue weighted by atomic mass is 9.94. The minimum atomic E-state index is 0.124. The van der Waals surface area contributed by atoms with Crippen LogP contribution in [-0.4, -0.2) is 44.9 Å². The number of nitrogens with one attached hydrogen (secondary N) is 2. The molecule has 4 rings (SSSR count). The molecule has 0 atom stereocenters. The van der Waals surface area contributed by atoms with Crippen molar-refractivity contribution in [2.75, 3.05) is 18.4 Å². The van der Waals surface area contributed by atoms with Gasteiger partial charge in [0, 0.05) is 54.3 Å². The molecular weight excluding hydrogens is 340 g/mol. The Labute approximate surface area is 157 Å². The lowest BCUT2D eigenvalue weighted by Gasteiger charge is -2.25. The summed E-state index contributed by atoms with van der Waals surface area (Å²) in [5, 5.41) is 7.33. The number of hydrogen-bond donors (Lipinski definition) is 2. The molecule has 3 aromatic heterocycles. The van der Waals surface area contributed by atoms with Crippen molar-refractivity contribution < 1.29 is 4.79 Å². The highest BCUT2D eigenvalue weighted by atomic mass is 16.1. The fraction of sp³-hybridized carbons (Fsp3) is 0.350. The number of carbonyl (C=O) groups is 1. The average Bonchev–Trinajstić information content (AvgIpc) is 2.59. The summed E-state index contributed by atoms with van der Waals surface area (Å²) in [6.45, 7) is 5.66. The monoisotopic (exact) mass is 362 g/mol. The second-order valence-corrected chi connectivity index (χ2v) is 7.18. The molecular formula is C20H22N6O. The highest BCUT2D eigenvalue weighted by molar-refractivity contribution is 5.86. The minimum absolute atomic E-state index is 0.124. The van der Waals surface area contributed by atoms with Crippen LogP contribution in [0.1, 0.15) is 19.5 Å². The highest BCUT2D eigenvalue weighted by Gasteiger charge is 2.24. The molecule has 0 unspecified atom stereocenters. The number of pyridine rings is 2. The number of carbonyl (C=O) groups excluding carboxylic acids is 1. The zero-order valence-electron chi connectivity index (χ0n) is 15.4. The van der Waals surface area contributed by atoms with Crippen LogP contribution in [0.15, 0.2) is 36.9 Å². The summed E-state index contributed by atoms with van der Waals surface area (Å²) in [7, 11) is 0. The predicted molar refractivity (Wildman–Crippen MR) is 104 cm³/mol. The Morgan fingerprint density at radius 3 is 2.78 bits per heavy atom. The van der Waals surface area contributed by atoms with Crippen molar-refractivity contribution in [3.8, 4) is 11.3 Å². The van der Waals surface area contributed by atoms with E-state index < -0.39 is 0 Å². The van der Waals surface area contributed by atoms with E-state index in [4.69, 9.17) is 0 Å². The topological polar surface area (TPSA) is 92.7 Å². The standard InChI is InChI=1S/C20H22N6O/c1-12(2)25-20-11-22-9-18(26-20)14-3-13-4-16(23-10-17(13)24-8-14)5-19(27)15-6-21-7-15/h3-4,8-12,15,21H,5-7H2,1-2H3,(H,25,26). The molecule has 0 saturated carbocycles. The first-order chi connectivity index (χ1) is 13.1. The molecule has 3 aromatic rings. The molecule has 0 radical (unpaired) electrons. The molecule has 0 aliphatic carbocycles. The number of fused-ring (bicyclic) bond motifs is 1. The molecule has 1 aliphatic rings. The summed E-state index contributed by atoms with van der Waals surface area (Å²) in [6.07, 6.45) is 7.30. The Balaban J connectivity index is 1.61. The van der Waals surface area contributed by atoms with Crippen LogP contribution in [0.3, 0.4) is 0 Å². The van der Waals surface area contributed by atoms with Crippen LogP contribution < -0.4 is 10.6 Å². The van der Waals surface area contributed by atoms with E-state index in [-0.39, 0.29) is 17.7 Å².